The fraction of sp³-hybridized carbons (Fsp3) is 0.286. The largest absolute Gasteiger partial charge is 0.265 e. The summed E-state index contributed by atoms with van der Waals surface area (Å²) in [6, 6.07) is 0. The lowest BCUT2D eigenvalue weighted by Crippen LogP contribution is -1.70. The second-order valence-corrected chi connectivity index (χ2v) is 1.69. The van der Waals surface area contributed by atoms with E-state index in [1.807, 2.05) is 12.3 Å². The van der Waals surface area contributed by atoms with Gasteiger partial charge in [-0.1, -0.05) is 12.2 Å². The highest BCUT2D eigenvalue weighted by molar-refractivity contribution is 5.71. The van der Waals surface area contributed by atoms with E-state index in [9.17, 15) is 0 Å². The molecule has 0 fully saturated rings. The van der Waals surface area contributed by atoms with E-state index in [-0.39, 0.29) is 0 Å². The van der Waals surface area contributed by atoms with Crippen LogP contribution in [0.4, 0.5) is 0 Å². The molecule has 0 aliphatic carbocycles. The Morgan fingerprint density at radius 1 is 1.12 bits per heavy atom. The van der Waals surface area contributed by atoms with Crippen molar-refractivity contribution < 1.29 is 0 Å². The van der Waals surface area contributed by atoms with E-state index in [1.165, 1.54) is 0 Å². The molecule has 0 radical (unpaired) electrons. The molecule has 0 atom stereocenters. The van der Waals surface area contributed by atoms with E-state index < -0.39 is 0 Å². The second kappa shape index (κ2) is 3.19. The van der Waals surface area contributed by atoms with Gasteiger partial charge in [-0.25, -0.2) is 0 Å². The molecular formula is C7H9N. The molecule has 0 saturated carbocycles. The van der Waals surface area contributed by atoms with Gasteiger partial charge in [0.05, 0.1) is 0 Å². The SMILES string of the molecule is C1=C/CC\C=C/N=C\1. The molecule has 1 aliphatic rings. The molecule has 1 aliphatic heterocycles. The summed E-state index contributed by atoms with van der Waals surface area (Å²) in [6.45, 7) is 0. The molecule has 0 aromatic rings. The van der Waals surface area contributed by atoms with E-state index in [1.54, 1.807) is 6.21 Å². The van der Waals surface area contributed by atoms with Crippen LogP contribution in [0.25, 0.3) is 0 Å². The molecule has 0 spiro atoms. The first-order chi connectivity index (χ1) is 4.00. The van der Waals surface area contributed by atoms with Crippen LogP contribution in [0.5, 0.6) is 0 Å². The smallest absolute Gasteiger partial charge is 0.0264 e. The highest BCUT2D eigenvalue weighted by Crippen LogP contribution is 1.94. The fourth-order valence-electron chi connectivity index (χ4n) is 0.584. The van der Waals surface area contributed by atoms with Gasteiger partial charge < -0.3 is 0 Å². The molecule has 0 aromatic heterocycles. The summed E-state index contributed by atoms with van der Waals surface area (Å²) in [6.07, 6.45) is 12.1. The van der Waals surface area contributed by atoms with Gasteiger partial charge in [0.1, 0.15) is 0 Å². The molecule has 0 saturated heterocycles. The Labute approximate surface area is 49.4 Å². The minimum Gasteiger partial charge on any atom is -0.265 e. The van der Waals surface area contributed by atoms with Crippen LogP contribution in [-0.4, -0.2) is 6.21 Å². The Bertz CT molecular complexity index is 115. The molecule has 1 rings (SSSR count). The Hall–Kier alpha value is -0.850. The number of hydrogen-bond donors (Lipinski definition) is 0. The lowest BCUT2D eigenvalue weighted by molar-refractivity contribution is 1.05. The van der Waals surface area contributed by atoms with Gasteiger partial charge >= 0.3 is 0 Å². The van der Waals surface area contributed by atoms with Gasteiger partial charge in [-0.2, -0.15) is 0 Å². The molecule has 1 heteroatoms. The normalized spacial score (nSPS) is 30.0. The number of rotatable bonds is 0. The van der Waals surface area contributed by atoms with Crippen molar-refractivity contribution in [2.75, 3.05) is 0 Å². The summed E-state index contributed by atoms with van der Waals surface area (Å²) in [4.78, 5) is 3.94. The van der Waals surface area contributed by atoms with Crippen LogP contribution in [0.2, 0.25) is 0 Å². The second-order valence-electron chi connectivity index (χ2n) is 1.69. The Kier molecular flexibility index (Phi) is 2.11. The molecule has 0 bridgehead atoms. The summed E-state index contributed by atoms with van der Waals surface area (Å²) in [5.74, 6) is 0. The summed E-state index contributed by atoms with van der Waals surface area (Å²) >= 11 is 0. The molecule has 1 heterocycles. The molecule has 0 N–H and O–H groups in total. The van der Waals surface area contributed by atoms with Crippen molar-refractivity contribution in [1.29, 1.82) is 0 Å². The van der Waals surface area contributed by atoms with E-state index in [4.69, 9.17) is 0 Å². The quantitative estimate of drug-likeness (QED) is 0.448. The van der Waals surface area contributed by atoms with Gasteiger partial charge in [-0.3, -0.25) is 4.99 Å². The molecular weight excluding hydrogens is 98.1 g/mol. The van der Waals surface area contributed by atoms with E-state index in [2.05, 4.69) is 17.1 Å². The molecule has 0 unspecified atom stereocenters. The predicted molar refractivity (Wildman–Crippen MR) is 36.0 cm³/mol. The first-order valence-corrected chi connectivity index (χ1v) is 2.83. The van der Waals surface area contributed by atoms with Crippen molar-refractivity contribution in [2.45, 2.75) is 12.8 Å². The van der Waals surface area contributed by atoms with Crippen LogP contribution in [0, 0.1) is 0 Å². The zero-order valence-corrected chi connectivity index (χ0v) is 4.75. The average molecular weight is 107 g/mol. The zero-order chi connectivity index (χ0) is 5.66. The van der Waals surface area contributed by atoms with Gasteiger partial charge in [-0.15, -0.1) is 0 Å². The van der Waals surface area contributed by atoms with Gasteiger partial charge in [0.2, 0.25) is 0 Å². The summed E-state index contributed by atoms with van der Waals surface area (Å²) in [5, 5.41) is 0. The maximum absolute atomic E-state index is 3.94. The van der Waals surface area contributed by atoms with Gasteiger partial charge in [0.25, 0.3) is 0 Å². The van der Waals surface area contributed by atoms with Crippen molar-refractivity contribution in [1.82, 2.24) is 0 Å². The minimum absolute atomic E-state index is 1.12. The Morgan fingerprint density at radius 2 is 2.00 bits per heavy atom. The molecule has 8 heavy (non-hydrogen) atoms. The maximum Gasteiger partial charge on any atom is 0.0264 e. The number of nitrogens with zero attached hydrogens (tertiary/aromatic N) is 1. The lowest BCUT2D eigenvalue weighted by atomic mass is 10.3. The number of hydrogen-bond acceptors (Lipinski definition) is 1. The zero-order valence-electron chi connectivity index (χ0n) is 4.75. The van der Waals surface area contributed by atoms with Crippen molar-refractivity contribution >= 4 is 6.21 Å². The third-order valence-electron chi connectivity index (χ3n) is 1.000. The van der Waals surface area contributed by atoms with Crippen molar-refractivity contribution in [2.24, 2.45) is 4.99 Å². The van der Waals surface area contributed by atoms with Crippen LogP contribution in [-0.2, 0) is 0 Å². The highest BCUT2D eigenvalue weighted by atomic mass is 14.7. The lowest BCUT2D eigenvalue weighted by Gasteiger charge is -1.86. The van der Waals surface area contributed by atoms with Gasteiger partial charge in [-0.05, 0) is 18.9 Å². The van der Waals surface area contributed by atoms with Gasteiger partial charge in [0.15, 0.2) is 0 Å². The number of aliphatic imine (C=N–C) groups is 1. The van der Waals surface area contributed by atoms with Crippen LogP contribution >= 0.6 is 0 Å². The van der Waals surface area contributed by atoms with Crippen LogP contribution in [0.3, 0.4) is 0 Å². The van der Waals surface area contributed by atoms with Crippen molar-refractivity contribution in [3.63, 3.8) is 0 Å². The third-order valence-corrected chi connectivity index (χ3v) is 1.000. The molecule has 0 amide bonds. The van der Waals surface area contributed by atoms with Gasteiger partial charge in [0, 0.05) is 12.4 Å². The fourth-order valence-corrected chi connectivity index (χ4v) is 0.584. The topological polar surface area (TPSA) is 12.4 Å². The predicted octanol–water partition coefficient (Wildman–Crippen LogP) is 1.92. The molecule has 1 nitrogen and oxygen atoms in total. The monoisotopic (exact) mass is 107 g/mol. The number of allylic oxidation sites excluding steroid dienone is 3. The first-order valence-electron chi connectivity index (χ1n) is 2.83. The van der Waals surface area contributed by atoms with Crippen LogP contribution < -0.4 is 0 Å². The van der Waals surface area contributed by atoms with Crippen molar-refractivity contribution in [3.05, 3.63) is 24.4 Å². The highest BCUT2D eigenvalue weighted by Gasteiger charge is 1.76. The summed E-state index contributed by atoms with van der Waals surface area (Å²) in [7, 11) is 0. The first kappa shape index (κ1) is 5.29. The summed E-state index contributed by atoms with van der Waals surface area (Å²) in [5.41, 5.74) is 0. The minimum atomic E-state index is 1.12. The Morgan fingerprint density at radius 3 is 3.00 bits per heavy atom. The van der Waals surface area contributed by atoms with E-state index in [0.717, 1.165) is 12.8 Å². The van der Waals surface area contributed by atoms with Crippen LogP contribution in [0.15, 0.2) is 29.4 Å². The third kappa shape index (κ3) is 1.73. The summed E-state index contributed by atoms with van der Waals surface area (Å²) < 4.78 is 0. The van der Waals surface area contributed by atoms with Crippen molar-refractivity contribution in [3.8, 4) is 0 Å². The standard InChI is InChI=1S/C7H9N/c1-2-4-6-8-7-5-3-1/h2,4-7H,1,3H2/b4-2-,7-5-,8-6-. The Balaban J connectivity index is 2.51. The molecule has 0 aromatic carbocycles. The molecule has 42 valence electrons. The average Bonchev–Trinajstić information content (AvgIpc) is 1.62. The van der Waals surface area contributed by atoms with E-state index >= 15 is 0 Å². The van der Waals surface area contributed by atoms with Crippen LogP contribution in [0.1, 0.15) is 12.8 Å². The maximum atomic E-state index is 3.94. The van der Waals surface area contributed by atoms with E-state index in [0.29, 0.717) is 0 Å².